The first-order valence-electron chi connectivity index (χ1n) is 4.26. The molecule has 0 bridgehead atoms. The zero-order valence-electron chi connectivity index (χ0n) is 7.42. The van der Waals surface area contributed by atoms with Crippen LogP contribution in [0.3, 0.4) is 0 Å². The van der Waals surface area contributed by atoms with Crippen LogP contribution in [-0.4, -0.2) is 6.54 Å². The van der Waals surface area contributed by atoms with E-state index in [0.717, 1.165) is 19.5 Å². The number of hydrogen-bond donors (Lipinski definition) is 1. The lowest BCUT2D eigenvalue weighted by Gasteiger charge is -1.98. The van der Waals surface area contributed by atoms with Gasteiger partial charge in [0.15, 0.2) is 0 Å². The molecule has 1 rings (SSSR count). The van der Waals surface area contributed by atoms with Gasteiger partial charge in [-0.1, -0.05) is 12.2 Å². The smallest absolute Gasteiger partial charge is 0.0947 e. The first-order chi connectivity index (χ1) is 5.93. The number of rotatable bonds is 5. The van der Waals surface area contributed by atoms with Gasteiger partial charge in [0.05, 0.1) is 12.5 Å². The molecule has 0 aliphatic carbocycles. The maximum absolute atomic E-state index is 4.94. The van der Waals surface area contributed by atoms with Crippen LogP contribution < -0.4 is 5.32 Å². The SMILES string of the molecule is C/C=C/CCNCc1ccoc1. The van der Waals surface area contributed by atoms with Crippen molar-refractivity contribution in [2.24, 2.45) is 0 Å². The quantitative estimate of drug-likeness (QED) is 0.535. The third kappa shape index (κ3) is 3.39. The van der Waals surface area contributed by atoms with Crippen LogP contribution in [0.4, 0.5) is 0 Å². The highest BCUT2D eigenvalue weighted by atomic mass is 16.3. The van der Waals surface area contributed by atoms with E-state index >= 15 is 0 Å². The Morgan fingerprint density at radius 3 is 3.17 bits per heavy atom. The Hall–Kier alpha value is -1.02. The monoisotopic (exact) mass is 165 g/mol. The molecule has 0 radical (unpaired) electrons. The molecule has 0 unspecified atom stereocenters. The summed E-state index contributed by atoms with van der Waals surface area (Å²) >= 11 is 0. The lowest BCUT2D eigenvalue weighted by Crippen LogP contribution is -2.13. The van der Waals surface area contributed by atoms with Crippen molar-refractivity contribution in [3.63, 3.8) is 0 Å². The first kappa shape index (κ1) is 9.07. The van der Waals surface area contributed by atoms with Gasteiger partial charge in [-0.25, -0.2) is 0 Å². The van der Waals surface area contributed by atoms with E-state index < -0.39 is 0 Å². The summed E-state index contributed by atoms with van der Waals surface area (Å²) in [4.78, 5) is 0. The van der Waals surface area contributed by atoms with Crippen molar-refractivity contribution in [3.8, 4) is 0 Å². The summed E-state index contributed by atoms with van der Waals surface area (Å²) in [6, 6.07) is 1.97. The Kier molecular flexibility index (Phi) is 4.24. The molecule has 0 atom stereocenters. The van der Waals surface area contributed by atoms with E-state index in [9.17, 15) is 0 Å². The summed E-state index contributed by atoms with van der Waals surface area (Å²) in [5, 5.41) is 3.31. The molecule has 0 spiro atoms. The predicted molar refractivity (Wildman–Crippen MR) is 49.8 cm³/mol. The molecular weight excluding hydrogens is 150 g/mol. The van der Waals surface area contributed by atoms with Gasteiger partial charge < -0.3 is 9.73 Å². The average molecular weight is 165 g/mol. The van der Waals surface area contributed by atoms with Crippen molar-refractivity contribution in [2.75, 3.05) is 6.54 Å². The van der Waals surface area contributed by atoms with Crippen molar-refractivity contribution in [1.29, 1.82) is 0 Å². The molecule has 1 aromatic rings. The van der Waals surface area contributed by atoms with Crippen molar-refractivity contribution < 1.29 is 4.42 Å². The molecule has 12 heavy (non-hydrogen) atoms. The Balaban J connectivity index is 2.03. The van der Waals surface area contributed by atoms with Crippen LogP contribution in [-0.2, 0) is 6.54 Å². The van der Waals surface area contributed by atoms with E-state index in [1.807, 2.05) is 13.0 Å². The molecule has 66 valence electrons. The van der Waals surface area contributed by atoms with E-state index in [4.69, 9.17) is 4.42 Å². The van der Waals surface area contributed by atoms with Gasteiger partial charge in [-0.05, 0) is 26.0 Å². The Morgan fingerprint density at radius 1 is 1.58 bits per heavy atom. The Labute approximate surface area is 73.3 Å². The van der Waals surface area contributed by atoms with E-state index in [2.05, 4.69) is 17.5 Å². The minimum Gasteiger partial charge on any atom is -0.472 e. The number of furan rings is 1. The van der Waals surface area contributed by atoms with Crippen molar-refractivity contribution in [3.05, 3.63) is 36.3 Å². The molecule has 2 heteroatoms. The number of hydrogen-bond acceptors (Lipinski definition) is 2. The van der Waals surface area contributed by atoms with Crippen LogP contribution in [0.5, 0.6) is 0 Å². The summed E-state index contributed by atoms with van der Waals surface area (Å²) < 4.78 is 4.94. The second kappa shape index (κ2) is 5.61. The molecule has 0 saturated carbocycles. The van der Waals surface area contributed by atoms with Gasteiger partial charge in [0, 0.05) is 12.1 Å². The minimum atomic E-state index is 0.897. The molecule has 0 saturated heterocycles. The first-order valence-corrected chi connectivity index (χ1v) is 4.26. The molecular formula is C10H15NO. The van der Waals surface area contributed by atoms with Crippen LogP contribution in [0.2, 0.25) is 0 Å². The maximum Gasteiger partial charge on any atom is 0.0947 e. The van der Waals surface area contributed by atoms with Gasteiger partial charge in [0.2, 0.25) is 0 Å². The molecule has 0 amide bonds. The fourth-order valence-corrected chi connectivity index (χ4v) is 0.978. The fraction of sp³-hybridized carbons (Fsp3) is 0.400. The third-order valence-electron chi connectivity index (χ3n) is 1.63. The summed E-state index contributed by atoms with van der Waals surface area (Å²) in [6.45, 7) is 3.96. The normalized spacial score (nSPS) is 11.1. The molecule has 0 aliphatic rings. The lowest BCUT2D eigenvalue weighted by molar-refractivity contribution is 0.560. The largest absolute Gasteiger partial charge is 0.472 e. The minimum absolute atomic E-state index is 0.897. The van der Waals surface area contributed by atoms with Gasteiger partial charge in [-0.15, -0.1) is 0 Å². The summed E-state index contributed by atoms with van der Waals surface area (Å²) in [7, 11) is 0. The van der Waals surface area contributed by atoms with Gasteiger partial charge in [-0.2, -0.15) is 0 Å². The molecule has 1 N–H and O–H groups in total. The topological polar surface area (TPSA) is 25.2 Å². The predicted octanol–water partition coefficient (Wildman–Crippen LogP) is 2.34. The maximum atomic E-state index is 4.94. The van der Waals surface area contributed by atoms with Gasteiger partial charge in [0.25, 0.3) is 0 Å². The van der Waals surface area contributed by atoms with Crippen LogP contribution >= 0.6 is 0 Å². The molecule has 2 nitrogen and oxygen atoms in total. The highest BCUT2D eigenvalue weighted by Gasteiger charge is 1.91. The van der Waals surface area contributed by atoms with E-state index in [1.165, 1.54) is 5.56 Å². The van der Waals surface area contributed by atoms with Crippen LogP contribution in [0.15, 0.2) is 35.2 Å². The highest BCUT2D eigenvalue weighted by Crippen LogP contribution is 1.98. The van der Waals surface area contributed by atoms with E-state index in [-0.39, 0.29) is 0 Å². The average Bonchev–Trinajstić information content (AvgIpc) is 2.57. The van der Waals surface area contributed by atoms with Crippen molar-refractivity contribution in [1.82, 2.24) is 5.32 Å². The zero-order chi connectivity index (χ0) is 8.65. The summed E-state index contributed by atoms with van der Waals surface area (Å²) in [5.74, 6) is 0. The van der Waals surface area contributed by atoms with Crippen LogP contribution in [0, 0.1) is 0 Å². The number of allylic oxidation sites excluding steroid dienone is 1. The molecule has 1 aromatic heterocycles. The van der Waals surface area contributed by atoms with Gasteiger partial charge in [-0.3, -0.25) is 0 Å². The molecule has 0 aliphatic heterocycles. The van der Waals surface area contributed by atoms with E-state index in [0.29, 0.717) is 0 Å². The van der Waals surface area contributed by atoms with Crippen LogP contribution in [0.1, 0.15) is 18.9 Å². The molecule has 0 aromatic carbocycles. The Morgan fingerprint density at radius 2 is 2.50 bits per heavy atom. The van der Waals surface area contributed by atoms with Crippen LogP contribution in [0.25, 0.3) is 0 Å². The standard InChI is InChI=1S/C10H15NO/c1-2-3-4-6-11-8-10-5-7-12-9-10/h2-3,5,7,9,11H,4,6,8H2,1H3/b3-2+. The van der Waals surface area contributed by atoms with E-state index in [1.54, 1.807) is 12.5 Å². The Bertz CT molecular complexity index is 214. The second-order valence-electron chi connectivity index (χ2n) is 2.67. The number of nitrogens with one attached hydrogen (secondary N) is 1. The van der Waals surface area contributed by atoms with Gasteiger partial charge in [0.1, 0.15) is 0 Å². The van der Waals surface area contributed by atoms with Crippen molar-refractivity contribution >= 4 is 0 Å². The zero-order valence-corrected chi connectivity index (χ0v) is 7.42. The highest BCUT2D eigenvalue weighted by molar-refractivity contribution is 5.04. The third-order valence-corrected chi connectivity index (χ3v) is 1.63. The molecule has 1 heterocycles. The summed E-state index contributed by atoms with van der Waals surface area (Å²) in [5.41, 5.74) is 1.20. The van der Waals surface area contributed by atoms with Gasteiger partial charge >= 0.3 is 0 Å². The summed E-state index contributed by atoms with van der Waals surface area (Å²) in [6.07, 6.45) is 8.78. The fourth-order valence-electron chi connectivity index (χ4n) is 0.978. The lowest BCUT2D eigenvalue weighted by atomic mass is 10.3. The molecule has 0 fully saturated rings. The second-order valence-corrected chi connectivity index (χ2v) is 2.67. The van der Waals surface area contributed by atoms with Crippen molar-refractivity contribution in [2.45, 2.75) is 19.9 Å².